The topological polar surface area (TPSA) is 29.5 Å². The van der Waals surface area contributed by atoms with E-state index >= 15 is 0 Å². The maximum Gasteiger partial charge on any atom is 0.122 e. The van der Waals surface area contributed by atoms with E-state index in [-0.39, 0.29) is 12.5 Å². The molecular weight excluding hydrogens is 220 g/mol. The van der Waals surface area contributed by atoms with E-state index in [2.05, 4.69) is 25.3 Å². The number of thioether (sulfide) groups is 1. The van der Waals surface area contributed by atoms with Crippen LogP contribution in [0.2, 0.25) is 0 Å². The van der Waals surface area contributed by atoms with Crippen LogP contribution in [0.3, 0.4) is 0 Å². The minimum atomic E-state index is 0.117. The van der Waals surface area contributed by atoms with Crippen LogP contribution in [0.4, 0.5) is 0 Å². The Morgan fingerprint density at radius 3 is 2.56 bits per heavy atom. The predicted molar refractivity (Wildman–Crippen MR) is 69.7 cm³/mol. The molecule has 0 radical (unpaired) electrons. The van der Waals surface area contributed by atoms with Crippen molar-refractivity contribution in [2.75, 3.05) is 20.0 Å². The fraction of sp³-hybridized carbons (Fsp3) is 0.538. The molecule has 0 aromatic heterocycles. The van der Waals surface area contributed by atoms with E-state index < -0.39 is 0 Å². The summed E-state index contributed by atoms with van der Waals surface area (Å²) in [6.45, 7) is 4.30. The Labute approximate surface area is 102 Å². The Bertz CT molecular complexity index is 350. The number of aliphatic hydroxyl groups excluding tert-OH is 1. The van der Waals surface area contributed by atoms with Crippen molar-refractivity contribution in [2.45, 2.75) is 31.1 Å². The van der Waals surface area contributed by atoms with Crippen LogP contribution >= 0.6 is 11.8 Å². The molecule has 1 N–H and O–H groups in total. The zero-order chi connectivity index (χ0) is 12.1. The van der Waals surface area contributed by atoms with Gasteiger partial charge in [0.15, 0.2) is 0 Å². The van der Waals surface area contributed by atoms with Gasteiger partial charge >= 0.3 is 0 Å². The molecule has 90 valence electrons. The molecule has 0 aliphatic rings. The molecule has 2 nitrogen and oxygen atoms in total. The molecule has 0 fully saturated rings. The van der Waals surface area contributed by atoms with Crippen LogP contribution in [0.5, 0.6) is 5.75 Å². The van der Waals surface area contributed by atoms with Crippen LogP contribution in [0.1, 0.15) is 30.9 Å². The fourth-order valence-electron chi connectivity index (χ4n) is 1.74. The second kappa shape index (κ2) is 6.16. The second-order valence-electron chi connectivity index (χ2n) is 3.84. The van der Waals surface area contributed by atoms with Gasteiger partial charge in [-0.05, 0) is 30.4 Å². The first-order chi connectivity index (χ1) is 7.67. The Morgan fingerprint density at radius 2 is 2.12 bits per heavy atom. The van der Waals surface area contributed by atoms with Gasteiger partial charge in [-0.2, -0.15) is 0 Å². The minimum absolute atomic E-state index is 0.117. The third-order valence-corrected chi connectivity index (χ3v) is 3.64. The van der Waals surface area contributed by atoms with Gasteiger partial charge in [0.25, 0.3) is 0 Å². The second-order valence-corrected chi connectivity index (χ2v) is 4.69. The number of hydrogen-bond acceptors (Lipinski definition) is 3. The van der Waals surface area contributed by atoms with Gasteiger partial charge < -0.3 is 9.84 Å². The summed E-state index contributed by atoms with van der Waals surface area (Å²) in [5.74, 6) is 1.00. The average molecular weight is 240 g/mol. The molecule has 0 bridgehead atoms. The van der Waals surface area contributed by atoms with Crippen LogP contribution in [0, 0.1) is 0 Å². The summed E-state index contributed by atoms with van der Waals surface area (Å²) in [5.41, 5.74) is 2.39. The SMILES string of the molecule is CCc1cc(OC)c(C(C)CO)cc1SC. The van der Waals surface area contributed by atoms with Crippen molar-refractivity contribution in [2.24, 2.45) is 0 Å². The molecule has 16 heavy (non-hydrogen) atoms. The Hall–Kier alpha value is -0.670. The highest BCUT2D eigenvalue weighted by Gasteiger charge is 2.14. The van der Waals surface area contributed by atoms with Crippen molar-refractivity contribution < 1.29 is 9.84 Å². The highest BCUT2D eigenvalue weighted by molar-refractivity contribution is 7.98. The van der Waals surface area contributed by atoms with E-state index in [1.54, 1.807) is 18.9 Å². The van der Waals surface area contributed by atoms with Gasteiger partial charge in [0.05, 0.1) is 7.11 Å². The van der Waals surface area contributed by atoms with Crippen molar-refractivity contribution in [3.63, 3.8) is 0 Å². The fourth-order valence-corrected chi connectivity index (χ4v) is 2.45. The van der Waals surface area contributed by atoms with Crippen molar-refractivity contribution in [3.05, 3.63) is 23.3 Å². The van der Waals surface area contributed by atoms with E-state index in [1.807, 2.05) is 6.92 Å². The molecule has 1 atom stereocenters. The molecule has 0 aliphatic carbocycles. The van der Waals surface area contributed by atoms with Crippen molar-refractivity contribution in [1.29, 1.82) is 0 Å². The lowest BCUT2D eigenvalue weighted by Crippen LogP contribution is -2.03. The summed E-state index contributed by atoms with van der Waals surface area (Å²) in [4.78, 5) is 1.28. The lowest BCUT2D eigenvalue weighted by molar-refractivity contribution is 0.269. The van der Waals surface area contributed by atoms with Crippen LogP contribution < -0.4 is 4.74 Å². The zero-order valence-corrected chi connectivity index (χ0v) is 11.2. The number of aliphatic hydroxyl groups is 1. The Balaban J connectivity index is 3.25. The monoisotopic (exact) mass is 240 g/mol. The number of rotatable bonds is 5. The Kier molecular flexibility index (Phi) is 5.16. The van der Waals surface area contributed by atoms with Crippen LogP contribution in [-0.4, -0.2) is 25.1 Å². The summed E-state index contributed by atoms with van der Waals surface area (Å²) in [6, 6.07) is 4.23. The van der Waals surface area contributed by atoms with Gasteiger partial charge in [-0.25, -0.2) is 0 Å². The summed E-state index contributed by atoms with van der Waals surface area (Å²) in [6.07, 6.45) is 3.08. The molecule has 0 saturated carbocycles. The molecule has 3 heteroatoms. The predicted octanol–water partition coefficient (Wildman–Crippen LogP) is 3.08. The molecule has 1 rings (SSSR count). The van der Waals surface area contributed by atoms with E-state index in [4.69, 9.17) is 4.74 Å². The summed E-state index contributed by atoms with van der Waals surface area (Å²) in [7, 11) is 1.68. The van der Waals surface area contributed by atoms with Crippen molar-refractivity contribution in [3.8, 4) is 5.75 Å². The maximum absolute atomic E-state index is 9.24. The van der Waals surface area contributed by atoms with Crippen molar-refractivity contribution >= 4 is 11.8 Å². The average Bonchev–Trinajstić information content (AvgIpc) is 2.35. The summed E-state index contributed by atoms with van der Waals surface area (Å²) >= 11 is 1.74. The van der Waals surface area contributed by atoms with Crippen molar-refractivity contribution in [1.82, 2.24) is 0 Å². The lowest BCUT2D eigenvalue weighted by atomic mass is 9.98. The molecule has 0 heterocycles. The molecule has 1 aromatic rings. The molecule has 0 spiro atoms. The smallest absolute Gasteiger partial charge is 0.122 e. The normalized spacial score (nSPS) is 12.6. The Morgan fingerprint density at radius 1 is 1.44 bits per heavy atom. The number of methoxy groups -OCH3 is 1. The maximum atomic E-state index is 9.24. The molecule has 0 saturated heterocycles. The molecule has 0 amide bonds. The quantitative estimate of drug-likeness (QED) is 0.802. The standard InChI is InChI=1S/C13H20O2S/c1-5-10-6-12(15-3)11(9(2)8-14)7-13(10)16-4/h6-7,9,14H,5,8H2,1-4H3. The molecular formula is C13H20O2S. The number of benzene rings is 1. The molecule has 0 aliphatic heterocycles. The van der Waals surface area contributed by atoms with Gasteiger partial charge in [0, 0.05) is 23.0 Å². The van der Waals surface area contributed by atoms with Gasteiger partial charge in [-0.15, -0.1) is 11.8 Å². The minimum Gasteiger partial charge on any atom is -0.496 e. The first kappa shape index (κ1) is 13.4. The first-order valence-corrected chi connectivity index (χ1v) is 6.76. The number of hydrogen-bond donors (Lipinski definition) is 1. The summed E-state index contributed by atoms with van der Waals surface area (Å²) in [5, 5.41) is 9.24. The highest BCUT2D eigenvalue weighted by Crippen LogP contribution is 2.33. The molecule has 1 unspecified atom stereocenters. The third-order valence-electron chi connectivity index (χ3n) is 2.82. The van der Waals surface area contributed by atoms with E-state index in [0.29, 0.717) is 0 Å². The first-order valence-electron chi connectivity index (χ1n) is 5.53. The number of aryl methyl sites for hydroxylation is 1. The lowest BCUT2D eigenvalue weighted by Gasteiger charge is -2.17. The zero-order valence-electron chi connectivity index (χ0n) is 10.4. The van der Waals surface area contributed by atoms with Gasteiger partial charge in [-0.3, -0.25) is 0 Å². The highest BCUT2D eigenvalue weighted by atomic mass is 32.2. The molecule has 1 aromatic carbocycles. The van der Waals surface area contributed by atoms with Crippen LogP contribution in [-0.2, 0) is 6.42 Å². The number of ether oxygens (including phenoxy) is 1. The van der Waals surface area contributed by atoms with Crippen LogP contribution in [0.25, 0.3) is 0 Å². The van der Waals surface area contributed by atoms with E-state index in [0.717, 1.165) is 17.7 Å². The van der Waals surface area contributed by atoms with E-state index in [9.17, 15) is 5.11 Å². The van der Waals surface area contributed by atoms with Crippen LogP contribution in [0.15, 0.2) is 17.0 Å². The van der Waals surface area contributed by atoms with E-state index in [1.165, 1.54) is 10.5 Å². The third kappa shape index (κ3) is 2.71. The van der Waals surface area contributed by atoms with Gasteiger partial charge in [-0.1, -0.05) is 13.8 Å². The summed E-state index contributed by atoms with van der Waals surface area (Å²) < 4.78 is 5.39. The van der Waals surface area contributed by atoms with Gasteiger partial charge in [0.1, 0.15) is 5.75 Å². The van der Waals surface area contributed by atoms with Gasteiger partial charge in [0.2, 0.25) is 0 Å². The largest absolute Gasteiger partial charge is 0.496 e.